The average Bonchev–Trinajstić information content (AvgIpc) is 2.54. The van der Waals surface area contributed by atoms with Crippen LogP contribution in [0.25, 0.3) is 32.7 Å². The summed E-state index contributed by atoms with van der Waals surface area (Å²) < 4.78 is 0. The van der Waals surface area contributed by atoms with Gasteiger partial charge in [0.1, 0.15) is 0 Å². The summed E-state index contributed by atoms with van der Waals surface area (Å²) in [7, 11) is 0. The van der Waals surface area contributed by atoms with Crippen molar-refractivity contribution >= 4 is 37.1 Å². The zero-order valence-corrected chi connectivity index (χ0v) is 12.9. The minimum atomic E-state index is 0. The standard InChI is InChI=1S/C20H15N.P/c21-19-13-12-15-7-2-4-10-17(15)20(19)18-11-5-8-14-6-1-3-9-16(14)18;/h1-13H,21H2;. The van der Waals surface area contributed by atoms with Crippen molar-refractivity contribution in [2.45, 2.75) is 0 Å². The van der Waals surface area contributed by atoms with Crippen molar-refractivity contribution in [1.29, 1.82) is 0 Å². The molecule has 4 aromatic carbocycles. The Labute approximate surface area is 133 Å². The van der Waals surface area contributed by atoms with Crippen LogP contribution in [0.3, 0.4) is 0 Å². The first-order valence-corrected chi connectivity index (χ1v) is 7.10. The first-order valence-electron chi connectivity index (χ1n) is 7.10. The molecule has 0 fully saturated rings. The molecule has 0 aliphatic rings. The molecule has 1 nitrogen and oxygen atoms in total. The maximum Gasteiger partial charge on any atom is 0.0400 e. The second-order valence-electron chi connectivity index (χ2n) is 5.28. The van der Waals surface area contributed by atoms with E-state index in [1.165, 1.54) is 27.1 Å². The summed E-state index contributed by atoms with van der Waals surface area (Å²) in [5, 5.41) is 4.90. The number of fused-ring (bicyclic) bond motifs is 2. The van der Waals surface area contributed by atoms with Gasteiger partial charge in [-0.15, -0.1) is 0 Å². The van der Waals surface area contributed by atoms with Crippen LogP contribution >= 0.6 is 9.90 Å². The number of hydrogen-bond acceptors (Lipinski definition) is 1. The van der Waals surface area contributed by atoms with E-state index in [4.69, 9.17) is 5.73 Å². The Morgan fingerprint density at radius 3 is 1.91 bits per heavy atom. The molecule has 0 bridgehead atoms. The van der Waals surface area contributed by atoms with Gasteiger partial charge in [-0.1, -0.05) is 72.8 Å². The van der Waals surface area contributed by atoms with Crippen LogP contribution in [-0.4, -0.2) is 0 Å². The van der Waals surface area contributed by atoms with Crippen molar-refractivity contribution in [3.63, 3.8) is 0 Å². The molecule has 0 unspecified atom stereocenters. The molecule has 0 saturated carbocycles. The lowest BCUT2D eigenvalue weighted by Gasteiger charge is -2.13. The third-order valence-corrected chi connectivity index (χ3v) is 4.02. The Balaban J connectivity index is 0.00000144. The highest BCUT2D eigenvalue weighted by molar-refractivity contribution is 6.92. The van der Waals surface area contributed by atoms with Crippen molar-refractivity contribution in [2.75, 3.05) is 5.73 Å². The second-order valence-corrected chi connectivity index (χ2v) is 5.28. The van der Waals surface area contributed by atoms with Crippen LogP contribution in [0.1, 0.15) is 0 Å². The van der Waals surface area contributed by atoms with Crippen LogP contribution in [-0.2, 0) is 0 Å². The smallest absolute Gasteiger partial charge is 0.0400 e. The minimum Gasteiger partial charge on any atom is -0.398 e. The van der Waals surface area contributed by atoms with Crippen molar-refractivity contribution in [1.82, 2.24) is 0 Å². The molecule has 4 rings (SSSR count). The Morgan fingerprint density at radius 1 is 0.545 bits per heavy atom. The number of nitrogens with two attached hydrogens (primary N) is 1. The number of hydrogen-bond donors (Lipinski definition) is 1. The molecule has 0 spiro atoms. The van der Waals surface area contributed by atoms with Crippen molar-refractivity contribution < 1.29 is 0 Å². The van der Waals surface area contributed by atoms with E-state index in [1.54, 1.807) is 0 Å². The van der Waals surface area contributed by atoms with Gasteiger partial charge >= 0.3 is 0 Å². The summed E-state index contributed by atoms with van der Waals surface area (Å²) >= 11 is 0. The molecule has 105 valence electrons. The lowest BCUT2D eigenvalue weighted by molar-refractivity contribution is 1.67. The van der Waals surface area contributed by atoms with Gasteiger partial charge < -0.3 is 5.73 Å². The molecule has 3 radical (unpaired) electrons. The number of rotatable bonds is 1. The molecule has 2 heteroatoms. The monoisotopic (exact) mass is 300 g/mol. The first-order chi connectivity index (χ1) is 10.3. The molecule has 0 atom stereocenters. The van der Waals surface area contributed by atoms with E-state index in [-0.39, 0.29) is 9.90 Å². The highest BCUT2D eigenvalue weighted by atomic mass is 31.0. The molecule has 0 heterocycles. The fraction of sp³-hybridized carbons (Fsp3) is 0. The maximum atomic E-state index is 6.31. The predicted molar refractivity (Wildman–Crippen MR) is 98.2 cm³/mol. The highest BCUT2D eigenvalue weighted by Crippen LogP contribution is 2.37. The van der Waals surface area contributed by atoms with Gasteiger partial charge in [0.15, 0.2) is 0 Å². The van der Waals surface area contributed by atoms with E-state index in [0.29, 0.717) is 0 Å². The quantitative estimate of drug-likeness (QED) is 0.333. The van der Waals surface area contributed by atoms with Crippen LogP contribution in [0.4, 0.5) is 5.69 Å². The third-order valence-electron chi connectivity index (χ3n) is 4.02. The van der Waals surface area contributed by atoms with Gasteiger partial charge in [0.25, 0.3) is 0 Å². The zero-order valence-electron chi connectivity index (χ0n) is 12.0. The zero-order chi connectivity index (χ0) is 14.2. The summed E-state index contributed by atoms with van der Waals surface area (Å²) in [4.78, 5) is 0. The number of anilines is 1. The average molecular weight is 300 g/mol. The van der Waals surface area contributed by atoms with Crippen molar-refractivity contribution in [2.24, 2.45) is 0 Å². The lowest BCUT2D eigenvalue weighted by atomic mass is 9.93. The van der Waals surface area contributed by atoms with E-state index in [9.17, 15) is 0 Å². The van der Waals surface area contributed by atoms with E-state index in [2.05, 4.69) is 72.8 Å². The van der Waals surface area contributed by atoms with Crippen LogP contribution in [0.2, 0.25) is 0 Å². The molecule has 4 aromatic rings. The molecule has 22 heavy (non-hydrogen) atoms. The topological polar surface area (TPSA) is 26.0 Å². The van der Waals surface area contributed by atoms with Crippen LogP contribution < -0.4 is 5.73 Å². The second kappa shape index (κ2) is 5.79. The Hall–Kier alpha value is -2.37. The highest BCUT2D eigenvalue weighted by Gasteiger charge is 2.10. The summed E-state index contributed by atoms with van der Waals surface area (Å²) in [5.74, 6) is 0. The van der Waals surface area contributed by atoms with Crippen molar-refractivity contribution in [3.05, 3.63) is 78.9 Å². The minimum absolute atomic E-state index is 0. The Bertz CT molecular complexity index is 955. The largest absolute Gasteiger partial charge is 0.398 e. The molecule has 0 saturated heterocycles. The van der Waals surface area contributed by atoms with Gasteiger partial charge in [0.05, 0.1) is 0 Å². The summed E-state index contributed by atoms with van der Waals surface area (Å²) in [6, 6.07) is 27.3. The van der Waals surface area contributed by atoms with Gasteiger partial charge in [-0.3, -0.25) is 0 Å². The maximum absolute atomic E-state index is 6.31. The molecular weight excluding hydrogens is 285 g/mol. The molecule has 0 aliphatic heterocycles. The summed E-state index contributed by atoms with van der Waals surface area (Å²) in [6.45, 7) is 0. The Kier molecular flexibility index (Phi) is 3.83. The van der Waals surface area contributed by atoms with Crippen LogP contribution in [0.15, 0.2) is 78.9 Å². The van der Waals surface area contributed by atoms with Gasteiger partial charge in [-0.25, -0.2) is 0 Å². The van der Waals surface area contributed by atoms with E-state index in [0.717, 1.165) is 11.3 Å². The van der Waals surface area contributed by atoms with Gasteiger partial charge in [0, 0.05) is 21.1 Å². The fourth-order valence-corrected chi connectivity index (χ4v) is 3.03. The lowest BCUT2D eigenvalue weighted by Crippen LogP contribution is -1.92. The molecule has 0 aliphatic carbocycles. The SMILES string of the molecule is Nc1ccc2ccccc2c1-c1cccc2ccccc12.[P]. The summed E-state index contributed by atoms with van der Waals surface area (Å²) in [6.07, 6.45) is 0. The van der Waals surface area contributed by atoms with Gasteiger partial charge in [-0.2, -0.15) is 0 Å². The van der Waals surface area contributed by atoms with E-state index in [1.807, 2.05) is 6.07 Å². The van der Waals surface area contributed by atoms with E-state index >= 15 is 0 Å². The van der Waals surface area contributed by atoms with Gasteiger partial charge in [0.2, 0.25) is 0 Å². The van der Waals surface area contributed by atoms with Crippen LogP contribution in [0, 0.1) is 0 Å². The first kappa shape index (κ1) is 14.6. The van der Waals surface area contributed by atoms with E-state index < -0.39 is 0 Å². The molecule has 0 aromatic heterocycles. The normalized spacial score (nSPS) is 10.5. The Morgan fingerprint density at radius 2 is 1.14 bits per heavy atom. The summed E-state index contributed by atoms with van der Waals surface area (Å²) in [5.41, 5.74) is 9.46. The molecule has 0 amide bonds. The fourth-order valence-electron chi connectivity index (χ4n) is 3.03. The third kappa shape index (κ3) is 2.24. The molecule has 2 N–H and O–H groups in total. The number of nitrogen functional groups attached to an aromatic ring is 1. The van der Waals surface area contributed by atoms with Gasteiger partial charge in [-0.05, 0) is 33.2 Å². The van der Waals surface area contributed by atoms with Crippen molar-refractivity contribution in [3.8, 4) is 11.1 Å². The number of benzene rings is 4. The molecular formula is C20H15NP. The predicted octanol–water partition coefficient (Wildman–Crippen LogP) is 6.10. The van der Waals surface area contributed by atoms with Crippen LogP contribution in [0.5, 0.6) is 0 Å².